The minimum atomic E-state index is -0.812. The summed E-state index contributed by atoms with van der Waals surface area (Å²) in [7, 11) is 2.35. The molecule has 2 rings (SSSR count). The zero-order valence-electron chi connectivity index (χ0n) is 24.9. The Hall–Kier alpha value is -3.11. The van der Waals surface area contributed by atoms with Gasteiger partial charge in [0.05, 0.1) is 40.0 Å². The summed E-state index contributed by atoms with van der Waals surface area (Å²) in [6.45, 7) is 14.2. The van der Waals surface area contributed by atoms with Gasteiger partial charge in [-0.3, -0.25) is 9.59 Å². The van der Waals surface area contributed by atoms with Crippen LogP contribution in [0.4, 0.5) is 0 Å². The second-order valence-electron chi connectivity index (χ2n) is 9.66. The molecule has 2 aromatic rings. The number of methoxy groups -OCH3 is 2. The molecule has 0 saturated heterocycles. The lowest BCUT2D eigenvalue weighted by Gasteiger charge is -2.14. The Morgan fingerprint density at radius 1 is 0.744 bits per heavy atom. The summed E-state index contributed by atoms with van der Waals surface area (Å²) >= 11 is 0. The molecule has 0 bridgehead atoms. The van der Waals surface area contributed by atoms with Crippen LogP contribution < -0.4 is 18.9 Å². The van der Waals surface area contributed by atoms with Crippen molar-refractivity contribution >= 4 is 31.0 Å². The molecule has 0 aliphatic rings. The standard InChI is InChI=1S/C30H40O6P.C2H6/c1-7-17-35-27-15-11-23(20-29(27)33-2)9-13-25(31)22-26(32)14-10-24-12-16-28(30(21-24)34-3)36-18-8-19-37(4,5)6;1-2/h9-16,20-21H,7-8,17-19,22H2,1-6H3;1-2H3/q+1;/b13-9+,14-10+;. The Bertz CT molecular complexity index is 1100. The molecule has 0 spiro atoms. The van der Waals surface area contributed by atoms with Gasteiger partial charge in [0.15, 0.2) is 34.6 Å². The molecule has 0 heterocycles. The smallest absolute Gasteiger partial charge is 0.163 e. The second-order valence-corrected chi connectivity index (χ2v) is 14.7. The Labute approximate surface area is 235 Å². The lowest BCUT2D eigenvalue weighted by Crippen LogP contribution is -2.03. The molecule has 0 amide bonds. The molecule has 0 fully saturated rings. The molecule has 0 aliphatic heterocycles. The van der Waals surface area contributed by atoms with E-state index in [0.29, 0.717) is 36.2 Å². The second kappa shape index (κ2) is 18.2. The van der Waals surface area contributed by atoms with Crippen LogP contribution >= 0.6 is 7.26 Å². The number of benzene rings is 2. The van der Waals surface area contributed by atoms with Gasteiger partial charge in [0.25, 0.3) is 0 Å². The van der Waals surface area contributed by atoms with Crippen LogP contribution in [0.25, 0.3) is 12.2 Å². The minimum absolute atomic E-state index is 0.212. The number of ether oxygens (including phenoxy) is 4. The summed E-state index contributed by atoms with van der Waals surface area (Å²) < 4.78 is 22.4. The first-order valence-electron chi connectivity index (χ1n) is 13.5. The molecule has 0 saturated carbocycles. The minimum Gasteiger partial charge on any atom is -0.493 e. The molecular formula is C32H46O6P+. The van der Waals surface area contributed by atoms with Crippen LogP contribution in [0.1, 0.15) is 51.2 Å². The third kappa shape index (κ3) is 13.5. The van der Waals surface area contributed by atoms with Crippen LogP contribution in [-0.2, 0) is 9.59 Å². The monoisotopic (exact) mass is 557 g/mol. The van der Waals surface area contributed by atoms with Crippen LogP contribution in [-0.4, -0.2) is 65.2 Å². The molecule has 0 aromatic heterocycles. The first kappa shape index (κ1) is 33.9. The molecular weight excluding hydrogens is 511 g/mol. The van der Waals surface area contributed by atoms with Gasteiger partial charge in [-0.2, -0.15) is 0 Å². The van der Waals surface area contributed by atoms with Crippen molar-refractivity contribution in [3.8, 4) is 23.0 Å². The van der Waals surface area contributed by atoms with E-state index in [4.69, 9.17) is 18.9 Å². The summed E-state index contributed by atoms with van der Waals surface area (Å²) in [5.41, 5.74) is 1.57. The lowest BCUT2D eigenvalue weighted by molar-refractivity contribution is -0.121. The fraction of sp³-hybridized carbons (Fsp3) is 0.438. The number of rotatable bonds is 16. The van der Waals surface area contributed by atoms with Gasteiger partial charge in [-0.15, -0.1) is 0 Å². The molecule has 7 heteroatoms. The van der Waals surface area contributed by atoms with E-state index >= 15 is 0 Å². The normalized spacial score (nSPS) is 11.2. The van der Waals surface area contributed by atoms with Crippen molar-refractivity contribution in [3.05, 3.63) is 59.7 Å². The Balaban J connectivity index is 0.00000371. The fourth-order valence-electron chi connectivity index (χ4n) is 3.42. The van der Waals surface area contributed by atoms with Gasteiger partial charge in [-0.1, -0.05) is 45.1 Å². The van der Waals surface area contributed by atoms with Crippen LogP contribution in [0.5, 0.6) is 23.0 Å². The van der Waals surface area contributed by atoms with Gasteiger partial charge in [-0.05, 0) is 54.0 Å². The number of carbonyl (C=O) groups is 2. The highest BCUT2D eigenvalue weighted by Gasteiger charge is 2.16. The quantitative estimate of drug-likeness (QED) is 0.0924. The van der Waals surface area contributed by atoms with E-state index < -0.39 is 7.26 Å². The van der Waals surface area contributed by atoms with Crippen LogP contribution in [0.2, 0.25) is 0 Å². The first-order chi connectivity index (χ1) is 18.6. The molecule has 0 unspecified atom stereocenters. The van der Waals surface area contributed by atoms with Crippen molar-refractivity contribution in [2.24, 2.45) is 0 Å². The van der Waals surface area contributed by atoms with Gasteiger partial charge in [-0.25, -0.2) is 0 Å². The van der Waals surface area contributed by atoms with Crippen LogP contribution in [0, 0.1) is 0 Å². The predicted molar refractivity (Wildman–Crippen MR) is 165 cm³/mol. The van der Waals surface area contributed by atoms with E-state index in [1.54, 1.807) is 32.4 Å². The number of hydrogen-bond acceptors (Lipinski definition) is 6. The topological polar surface area (TPSA) is 71.1 Å². The maximum absolute atomic E-state index is 12.3. The van der Waals surface area contributed by atoms with Crippen molar-refractivity contribution in [3.63, 3.8) is 0 Å². The Morgan fingerprint density at radius 2 is 1.21 bits per heavy atom. The van der Waals surface area contributed by atoms with Crippen molar-refractivity contribution in [1.29, 1.82) is 0 Å². The van der Waals surface area contributed by atoms with E-state index in [1.165, 1.54) is 18.3 Å². The SMILES string of the molecule is CC.CCCOc1ccc(/C=C/C(=O)CC(=O)/C=C/c2ccc(OCCC[P+](C)(C)C)c(OC)c2)cc1OC. The maximum Gasteiger partial charge on any atom is 0.163 e. The molecule has 0 atom stereocenters. The number of hydrogen-bond donors (Lipinski definition) is 0. The van der Waals surface area contributed by atoms with E-state index in [0.717, 1.165) is 24.0 Å². The largest absolute Gasteiger partial charge is 0.493 e. The maximum atomic E-state index is 12.3. The summed E-state index contributed by atoms with van der Waals surface area (Å²) in [6.07, 6.45) is 9.03. The predicted octanol–water partition coefficient (Wildman–Crippen LogP) is 7.45. The summed E-state index contributed by atoms with van der Waals surface area (Å²) in [4.78, 5) is 24.6. The van der Waals surface area contributed by atoms with Gasteiger partial charge in [0, 0.05) is 33.7 Å². The van der Waals surface area contributed by atoms with Crippen LogP contribution in [0.3, 0.4) is 0 Å². The lowest BCUT2D eigenvalue weighted by atomic mass is 10.1. The zero-order valence-corrected chi connectivity index (χ0v) is 25.8. The van der Waals surface area contributed by atoms with Crippen LogP contribution in [0.15, 0.2) is 48.6 Å². The van der Waals surface area contributed by atoms with E-state index in [9.17, 15) is 9.59 Å². The first-order valence-corrected chi connectivity index (χ1v) is 16.8. The summed E-state index contributed by atoms with van der Waals surface area (Å²) in [6, 6.07) is 11.0. The van der Waals surface area contributed by atoms with Gasteiger partial charge in [0.2, 0.25) is 0 Å². The zero-order chi connectivity index (χ0) is 29.3. The number of allylic oxidation sites excluding steroid dienone is 2. The fourth-order valence-corrected chi connectivity index (χ4v) is 4.49. The van der Waals surface area contributed by atoms with Crippen molar-refractivity contribution in [2.45, 2.75) is 40.0 Å². The summed E-state index contributed by atoms with van der Waals surface area (Å²) in [5, 5.41) is 0. The third-order valence-corrected chi connectivity index (χ3v) is 7.00. The molecule has 0 aliphatic carbocycles. The van der Waals surface area contributed by atoms with E-state index in [2.05, 4.69) is 20.0 Å². The Morgan fingerprint density at radius 3 is 1.62 bits per heavy atom. The average Bonchev–Trinajstić information content (AvgIpc) is 2.92. The molecule has 39 heavy (non-hydrogen) atoms. The molecule has 6 nitrogen and oxygen atoms in total. The van der Waals surface area contributed by atoms with E-state index in [-0.39, 0.29) is 18.0 Å². The van der Waals surface area contributed by atoms with E-state index in [1.807, 2.05) is 51.1 Å². The molecule has 0 radical (unpaired) electrons. The van der Waals surface area contributed by atoms with Gasteiger partial charge < -0.3 is 18.9 Å². The molecule has 0 N–H and O–H groups in total. The van der Waals surface area contributed by atoms with Crippen molar-refractivity contribution < 1.29 is 28.5 Å². The molecule has 214 valence electrons. The van der Waals surface area contributed by atoms with Gasteiger partial charge in [0.1, 0.15) is 0 Å². The van der Waals surface area contributed by atoms with Gasteiger partial charge >= 0.3 is 0 Å². The van der Waals surface area contributed by atoms with Crippen molar-refractivity contribution in [2.75, 3.05) is 53.6 Å². The highest BCUT2D eigenvalue weighted by molar-refractivity contribution is 7.73. The molecule has 2 aromatic carbocycles. The highest BCUT2D eigenvalue weighted by atomic mass is 31.2. The third-order valence-electron chi connectivity index (χ3n) is 5.34. The number of carbonyl (C=O) groups excluding carboxylic acids is 2. The summed E-state index contributed by atoms with van der Waals surface area (Å²) in [5.74, 6) is 1.99. The highest BCUT2D eigenvalue weighted by Crippen LogP contribution is 2.46. The van der Waals surface area contributed by atoms with Crippen molar-refractivity contribution in [1.82, 2.24) is 0 Å². The number of ketones is 2. The Kier molecular flexibility index (Phi) is 15.9. The average molecular weight is 558 g/mol.